The van der Waals surface area contributed by atoms with Crippen LogP contribution in [0.25, 0.3) is 0 Å². The molecule has 12 heavy (non-hydrogen) atoms. The lowest BCUT2D eigenvalue weighted by molar-refractivity contribution is -0.553. The van der Waals surface area contributed by atoms with Crippen LogP contribution in [-0.2, 0) is 0 Å². The highest BCUT2D eigenvalue weighted by atomic mass is 16.6. The van der Waals surface area contributed by atoms with Crippen LogP contribution in [0.5, 0.6) is 0 Å². The van der Waals surface area contributed by atoms with Gasteiger partial charge in [-0.2, -0.15) is 0 Å². The maximum absolute atomic E-state index is 10.7. The molecule has 0 amide bonds. The van der Waals surface area contributed by atoms with Crippen molar-refractivity contribution >= 4 is 0 Å². The molecule has 0 aliphatic heterocycles. The van der Waals surface area contributed by atoms with E-state index < -0.39 is 5.54 Å². The molecule has 0 heterocycles. The summed E-state index contributed by atoms with van der Waals surface area (Å²) in [5, 5.41) is 10.7. The van der Waals surface area contributed by atoms with Crippen LogP contribution in [0.4, 0.5) is 0 Å². The molecule has 0 saturated carbocycles. The van der Waals surface area contributed by atoms with Gasteiger partial charge in [-0.15, -0.1) is 6.42 Å². The molecule has 1 rings (SSSR count). The molecule has 1 unspecified atom stereocenters. The van der Waals surface area contributed by atoms with E-state index in [1.54, 1.807) is 24.3 Å². The van der Waals surface area contributed by atoms with Gasteiger partial charge in [-0.3, -0.25) is 10.1 Å². The van der Waals surface area contributed by atoms with E-state index in [-0.39, 0.29) is 11.3 Å². The molecule has 0 saturated heterocycles. The third-order valence-corrected chi connectivity index (χ3v) is 1.90. The molecular weight excluding hydrogens is 154 g/mol. The molecule has 0 fully saturated rings. The summed E-state index contributed by atoms with van der Waals surface area (Å²) in [7, 11) is 0. The fourth-order valence-electron chi connectivity index (χ4n) is 1.16. The monoisotopic (exact) mass is 163 g/mol. The molecule has 0 spiro atoms. The van der Waals surface area contributed by atoms with Crippen molar-refractivity contribution in [2.45, 2.75) is 18.4 Å². The molecule has 0 bridgehead atoms. The van der Waals surface area contributed by atoms with E-state index in [2.05, 4.69) is 5.92 Å². The van der Waals surface area contributed by atoms with E-state index in [0.717, 1.165) is 0 Å². The smallest absolute Gasteiger partial charge is 0.254 e. The second kappa shape index (κ2) is 3.22. The third-order valence-electron chi connectivity index (χ3n) is 1.90. The first-order valence-electron chi connectivity index (χ1n) is 3.64. The van der Waals surface area contributed by atoms with Gasteiger partial charge in [0.2, 0.25) is 0 Å². The Balaban J connectivity index is 2.89. The molecule has 0 radical (unpaired) electrons. The zero-order valence-corrected chi connectivity index (χ0v) is 6.56. The van der Waals surface area contributed by atoms with Crippen LogP contribution < -0.4 is 0 Å². The number of hydrogen-bond donors (Lipinski definition) is 0. The second-order valence-electron chi connectivity index (χ2n) is 2.73. The Kier molecular flexibility index (Phi) is 2.29. The van der Waals surface area contributed by atoms with Gasteiger partial charge >= 0.3 is 0 Å². The van der Waals surface area contributed by atoms with Gasteiger partial charge in [0.05, 0.1) is 6.42 Å². The molecule has 62 valence electrons. The number of rotatable bonds is 2. The number of nitro groups is 1. The summed E-state index contributed by atoms with van der Waals surface area (Å²) in [5.41, 5.74) is -1.05. The molecule has 0 aromatic heterocycles. The van der Waals surface area contributed by atoms with Crippen LogP contribution in [0.1, 0.15) is 12.8 Å². The molecule has 3 nitrogen and oxygen atoms in total. The summed E-state index contributed by atoms with van der Waals surface area (Å²) in [6.45, 7) is 0. The number of allylic oxidation sites excluding steroid dienone is 2. The van der Waals surface area contributed by atoms with Gasteiger partial charge in [0, 0.05) is 11.3 Å². The molecule has 0 aromatic carbocycles. The van der Waals surface area contributed by atoms with Crippen LogP contribution in [-0.4, -0.2) is 10.5 Å². The van der Waals surface area contributed by atoms with Crippen LogP contribution in [0.3, 0.4) is 0 Å². The summed E-state index contributed by atoms with van der Waals surface area (Å²) in [4.78, 5) is 10.4. The topological polar surface area (TPSA) is 43.1 Å². The van der Waals surface area contributed by atoms with E-state index in [9.17, 15) is 10.1 Å². The quantitative estimate of drug-likeness (QED) is 0.352. The zero-order chi connectivity index (χ0) is 9.03. The van der Waals surface area contributed by atoms with Gasteiger partial charge in [0.15, 0.2) is 0 Å². The Labute approximate surface area is 70.9 Å². The van der Waals surface area contributed by atoms with Gasteiger partial charge in [0.25, 0.3) is 5.54 Å². The van der Waals surface area contributed by atoms with Crippen LogP contribution in [0, 0.1) is 22.5 Å². The Bertz CT molecular complexity index is 285. The lowest BCUT2D eigenvalue weighted by atomic mass is 9.89. The van der Waals surface area contributed by atoms with E-state index in [1.165, 1.54) is 0 Å². The molecule has 1 aliphatic rings. The van der Waals surface area contributed by atoms with Crippen molar-refractivity contribution in [2.24, 2.45) is 0 Å². The Morgan fingerprint density at radius 1 is 1.67 bits per heavy atom. The van der Waals surface area contributed by atoms with Crippen LogP contribution >= 0.6 is 0 Å². The standard InChI is InChI=1S/C9H9NO2/c1-2-6-9(10(11)12)7-4-3-5-8-9/h1,3-5,7H,6,8H2. The predicted octanol–water partition coefficient (Wildman–Crippen LogP) is 1.54. The first kappa shape index (κ1) is 8.54. The summed E-state index contributed by atoms with van der Waals surface area (Å²) in [5.74, 6) is 2.33. The zero-order valence-electron chi connectivity index (χ0n) is 6.56. The Morgan fingerprint density at radius 3 is 2.83 bits per heavy atom. The molecule has 1 atom stereocenters. The van der Waals surface area contributed by atoms with Gasteiger partial charge in [0.1, 0.15) is 0 Å². The molecule has 0 aromatic rings. The minimum Gasteiger partial charge on any atom is -0.264 e. The van der Waals surface area contributed by atoms with Crippen molar-refractivity contribution in [3.63, 3.8) is 0 Å². The van der Waals surface area contributed by atoms with E-state index in [1.807, 2.05) is 0 Å². The number of hydrogen-bond acceptors (Lipinski definition) is 2. The number of terminal acetylenes is 1. The fraction of sp³-hybridized carbons (Fsp3) is 0.333. The summed E-state index contributed by atoms with van der Waals surface area (Å²) in [6, 6.07) is 0. The van der Waals surface area contributed by atoms with Crippen molar-refractivity contribution in [1.82, 2.24) is 0 Å². The van der Waals surface area contributed by atoms with Crippen molar-refractivity contribution in [2.75, 3.05) is 0 Å². The van der Waals surface area contributed by atoms with Crippen LogP contribution in [0.15, 0.2) is 24.3 Å². The molecule has 0 N–H and O–H groups in total. The average molecular weight is 163 g/mol. The Hall–Kier alpha value is -1.56. The SMILES string of the molecule is C#CCC1([N+](=O)[O-])C=CC=CC1. The summed E-state index contributed by atoms with van der Waals surface area (Å²) >= 11 is 0. The third kappa shape index (κ3) is 1.37. The Morgan fingerprint density at radius 2 is 2.42 bits per heavy atom. The van der Waals surface area contributed by atoms with Gasteiger partial charge in [-0.1, -0.05) is 24.1 Å². The highest BCUT2D eigenvalue weighted by molar-refractivity contribution is 5.20. The minimum absolute atomic E-state index is 0.154. The fourth-order valence-corrected chi connectivity index (χ4v) is 1.16. The predicted molar refractivity (Wildman–Crippen MR) is 46.1 cm³/mol. The minimum atomic E-state index is -1.05. The van der Waals surface area contributed by atoms with Gasteiger partial charge < -0.3 is 0 Å². The maximum Gasteiger partial charge on any atom is 0.254 e. The largest absolute Gasteiger partial charge is 0.264 e. The highest BCUT2D eigenvalue weighted by Crippen LogP contribution is 2.24. The van der Waals surface area contributed by atoms with Crippen molar-refractivity contribution in [1.29, 1.82) is 0 Å². The molecule has 3 heteroatoms. The maximum atomic E-state index is 10.7. The van der Waals surface area contributed by atoms with E-state index >= 15 is 0 Å². The lowest BCUT2D eigenvalue weighted by Gasteiger charge is -2.19. The van der Waals surface area contributed by atoms with Gasteiger partial charge in [-0.05, 0) is 6.08 Å². The van der Waals surface area contributed by atoms with Crippen molar-refractivity contribution in [3.05, 3.63) is 34.4 Å². The summed E-state index contributed by atoms with van der Waals surface area (Å²) in [6.07, 6.45) is 12.4. The van der Waals surface area contributed by atoms with Crippen LogP contribution in [0.2, 0.25) is 0 Å². The first-order valence-corrected chi connectivity index (χ1v) is 3.64. The molecular formula is C9H9NO2. The average Bonchev–Trinajstić information content (AvgIpc) is 2.06. The lowest BCUT2D eigenvalue weighted by Crippen LogP contribution is -2.36. The van der Waals surface area contributed by atoms with E-state index in [4.69, 9.17) is 6.42 Å². The van der Waals surface area contributed by atoms with Gasteiger partial charge in [-0.25, -0.2) is 0 Å². The van der Waals surface area contributed by atoms with E-state index in [0.29, 0.717) is 6.42 Å². The first-order chi connectivity index (χ1) is 5.71. The molecule has 1 aliphatic carbocycles. The summed E-state index contributed by atoms with van der Waals surface area (Å²) < 4.78 is 0. The van der Waals surface area contributed by atoms with Crippen molar-refractivity contribution < 1.29 is 4.92 Å². The normalized spacial score (nSPS) is 26.6. The van der Waals surface area contributed by atoms with Crippen molar-refractivity contribution in [3.8, 4) is 12.3 Å². The number of nitrogens with zero attached hydrogens (tertiary/aromatic N) is 1. The second-order valence-corrected chi connectivity index (χ2v) is 2.73. The highest BCUT2D eigenvalue weighted by Gasteiger charge is 2.38.